The Morgan fingerprint density at radius 1 is 1.06 bits per heavy atom. The van der Waals surface area contributed by atoms with E-state index in [9.17, 15) is 0 Å². The van der Waals surface area contributed by atoms with Gasteiger partial charge in [0.2, 0.25) is 0 Å². The highest BCUT2D eigenvalue weighted by molar-refractivity contribution is 4.63. The minimum absolute atomic E-state index is 0.924. The third kappa shape index (κ3) is 7.02. The zero-order chi connectivity index (χ0) is 12.3. The second kappa shape index (κ2) is 9.86. The molecule has 0 amide bonds. The Hall–Kier alpha value is -0.120. The van der Waals surface area contributed by atoms with Gasteiger partial charge in [-0.05, 0) is 45.4 Å². The predicted octanol–water partition coefficient (Wildman–Crippen LogP) is 2.22. The summed E-state index contributed by atoms with van der Waals surface area (Å²) in [6.45, 7) is 13.7. The summed E-state index contributed by atoms with van der Waals surface area (Å²) in [4.78, 5) is 5.14. The highest BCUT2D eigenvalue weighted by Gasteiger charge is 2.09. The Bertz CT molecular complexity index is 168. The molecule has 0 atom stereocenters. The number of unbranched alkanes of at least 4 members (excludes halogenated alkanes) is 1. The van der Waals surface area contributed by atoms with Crippen molar-refractivity contribution in [2.45, 2.75) is 39.5 Å². The van der Waals surface area contributed by atoms with E-state index in [1.54, 1.807) is 0 Å². The van der Waals surface area contributed by atoms with Crippen molar-refractivity contribution in [3.05, 3.63) is 0 Å². The molecule has 1 aliphatic rings. The molecule has 3 nitrogen and oxygen atoms in total. The van der Waals surface area contributed by atoms with Gasteiger partial charge in [0, 0.05) is 19.7 Å². The molecule has 1 fully saturated rings. The highest BCUT2D eigenvalue weighted by atomic mass is 16.5. The van der Waals surface area contributed by atoms with Crippen molar-refractivity contribution in [2.75, 3.05) is 52.5 Å². The van der Waals surface area contributed by atoms with Crippen molar-refractivity contribution in [3.63, 3.8) is 0 Å². The fourth-order valence-electron chi connectivity index (χ4n) is 2.35. The summed E-state index contributed by atoms with van der Waals surface area (Å²) < 4.78 is 5.47. The van der Waals surface area contributed by atoms with E-state index >= 15 is 0 Å². The molecule has 0 aromatic carbocycles. The molecule has 0 unspecified atom stereocenters. The summed E-state index contributed by atoms with van der Waals surface area (Å²) in [5, 5.41) is 0. The Labute approximate surface area is 107 Å². The molecule has 3 heteroatoms. The normalized spacial score (nSPS) is 18.5. The molecule has 17 heavy (non-hydrogen) atoms. The van der Waals surface area contributed by atoms with Gasteiger partial charge in [-0.15, -0.1) is 0 Å². The molecule has 0 aromatic rings. The lowest BCUT2D eigenvalue weighted by Gasteiger charge is -2.23. The zero-order valence-corrected chi connectivity index (χ0v) is 11.8. The number of ether oxygens (including phenoxy) is 1. The standard InChI is InChI=1S/C14H30N2O/c1-3-5-8-15(4-2)9-6-10-16-11-7-13-17-14-12-16/h3-14H2,1-2H3. The lowest BCUT2D eigenvalue weighted by Crippen LogP contribution is -2.32. The SMILES string of the molecule is CCCCN(CC)CCCN1CCCOCC1. The number of rotatable bonds is 8. The van der Waals surface area contributed by atoms with Crippen LogP contribution in [-0.4, -0.2) is 62.3 Å². The maximum Gasteiger partial charge on any atom is 0.0593 e. The van der Waals surface area contributed by atoms with Crippen molar-refractivity contribution in [1.29, 1.82) is 0 Å². The van der Waals surface area contributed by atoms with Gasteiger partial charge in [-0.25, -0.2) is 0 Å². The minimum Gasteiger partial charge on any atom is -0.380 e. The maximum atomic E-state index is 5.47. The van der Waals surface area contributed by atoms with Gasteiger partial charge in [0.1, 0.15) is 0 Å². The number of nitrogens with zero attached hydrogens (tertiary/aromatic N) is 2. The first-order chi connectivity index (χ1) is 8.36. The monoisotopic (exact) mass is 242 g/mol. The van der Waals surface area contributed by atoms with Crippen LogP contribution in [0.4, 0.5) is 0 Å². The summed E-state index contributed by atoms with van der Waals surface area (Å²) in [5.41, 5.74) is 0. The van der Waals surface area contributed by atoms with Crippen molar-refractivity contribution in [2.24, 2.45) is 0 Å². The van der Waals surface area contributed by atoms with Crippen LogP contribution in [0.5, 0.6) is 0 Å². The van der Waals surface area contributed by atoms with Gasteiger partial charge >= 0.3 is 0 Å². The van der Waals surface area contributed by atoms with Gasteiger partial charge in [0.15, 0.2) is 0 Å². The topological polar surface area (TPSA) is 15.7 Å². The molecule has 0 aromatic heterocycles. The number of hydrogen-bond acceptors (Lipinski definition) is 3. The molecule has 1 aliphatic heterocycles. The van der Waals surface area contributed by atoms with Gasteiger partial charge in [0.05, 0.1) is 6.61 Å². The molecule has 0 N–H and O–H groups in total. The summed E-state index contributed by atoms with van der Waals surface area (Å²) in [5.74, 6) is 0. The first-order valence-corrected chi connectivity index (χ1v) is 7.39. The second-order valence-corrected chi connectivity index (χ2v) is 4.95. The van der Waals surface area contributed by atoms with E-state index in [1.807, 2.05) is 0 Å². The fraction of sp³-hybridized carbons (Fsp3) is 1.00. The molecule has 0 radical (unpaired) electrons. The van der Waals surface area contributed by atoms with E-state index in [4.69, 9.17) is 4.74 Å². The van der Waals surface area contributed by atoms with E-state index < -0.39 is 0 Å². The summed E-state index contributed by atoms with van der Waals surface area (Å²) in [7, 11) is 0. The van der Waals surface area contributed by atoms with Crippen LogP contribution in [0.2, 0.25) is 0 Å². The van der Waals surface area contributed by atoms with E-state index in [1.165, 1.54) is 58.4 Å². The van der Waals surface area contributed by atoms with Crippen molar-refractivity contribution in [3.8, 4) is 0 Å². The van der Waals surface area contributed by atoms with Crippen LogP contribution < -0.4 is 0 Å². The average Bonchev–Trinajstić information content (AvgIpc) is 2.62. The molecule has 0 saturated carbocycles. The van der Waals surface area contributed by atoms with Crippen molar-refractivity contribution < 1.29 is 4.74 Å². The Balaban J connectivity index is 2.07. The molecule has 0 bridgehead atoms. The second-order valence-electron chi connectivity index (χ2n) is 4.95. The van der Waals surface area contributed by atoms with Crippen LogP contribution in [0.1, 0.15) is 39.5 Å². The highest BCUT2D eigenvalue weighted by Crippen LogP contribution is 2.02. The molecule has 0 aliphatic carbocycles. The molecule has 1 saturated heterocycles. The van der Waals surface area contributed by atoms with Crippen LogP contribution in [-0.2, 0) is 4.74 Å². The minimum atomic E-state index is 0.924. The van der Waals surface area contributed by atoms with Gasteiger partial charge in [-0.3, -0.25) is 0 Å². The quantitative estimate of drug-likeness (QED) is 0.649. The molecule has 1 rings (SSSR count). The number of hydrogen-bond donors (Lipinski definition) is 0. The van der Waals surface area contributed by atoms with Crippen LogP contribution in [0, 0.1) is 0 Å². The maximum absolute atomic E-state index is 5.47. The third-order valence-corrected chi connectivity index (χ3v) is 3.54. The Morgan fingerprint density at radius 3 is 2.65 bits per heavy atom. The fourth-order valence-corrected chi connectivity index (χ4v) is 2.35. The zero-order valence-electron chi connectivity index (χ0n) is 11.8. The van der Waals surface area contributed by atoms with Crippen LogP contribution >= 0.6 is 0 Å². The van der Waals surface area contributed by atoms with Crippen molar-refractivity contribution >= 4 is 0 Å². The Morgan fingerprint density at radius 2 is 1.88 bits per heavy atom. The lowest BCUT2D eigenvalue weighted by molar-refractivity contribution is 0.140. The van der Waals surface area contributed by atoms with Crippen molar-refractivity contribution in [1.82, 2.24) is 9.80 Å². The van der Waals surface area contributed by atoms with Gasteiger partial charge in [-0.1, -0.05) is 20.3 Å². The van der Waals surface area contributed by atoms with E-state index in [0.29, 0.717) is 0 Å². The molecular formula is C14H30N2O. The van der Waals surface area contributed by atoms with Crippen LogP contribution in [0.25, 0.3) is 0 Å². The smallest absolute Gasteiger partial charge is 0.0593 e. The molecule has 0 spiro atoms. The van der Waals surface area contributed by atoms with E-state index in [-0.39, 0.29) is 0 Å². The Kier molecular flexibility index (Phi) is 8.67. The van der Waals surface area contributed by atoms with E-state index in [0.717, 1.165) is 19.8 Å². The van der Waals surface area contributed by atoms with Gasteiger partial charge in [0.25, 0.3) is 0 Å². The first-order valence-electron chi connectivity index (χ1n) is 7.39. The molecule has 102 valence electrons. The van der Waals surface area contributed by atoms with Crippen LogP contribution in [0.15, 0.2) is 0 Å². The molecular weight excluding hydrogens is 212 g/mol. The summed E-state index contributed by atoms with van der Waals surface area (Å²) in [6.07, 6.45) is 5.15. The lowest BCUT2D eigenvalue weighted by atomic mass is 10.3. The first kappa shape index (κ1) is 14.9. The van der Waals surface area contributed by atoms with Crippen LogP contribution in [0.3, 0.4) is 0 Å². The predicted molar refractivity (Wildman–Crippen MR) is 73.5 cm³/mol. The van der Waals surface area contributed by atoms with Gasteiger partial charge in [-0.2, -0.15) is 0 Å². The summed E-state index contributed by atoms with van der Waals surface area (Å²) in [6, 6.07) is 0. The summed E-state index contributed by atoms with van der Waals surface area (Å²) >= 11 is 0. The molecule has 1 heterocycles. The largest absolute Gasteiger partial charge is 0.380 e. The van der Waals surface area contributed by atoms with E-state index in [2.05, 4.69) is 23.6 Å². The average molecular weight is 242 g/mol. The van der Waals surface area contributed by atoms with Gasteiger partial charge < -0.3 is 14.5 Å². The third-order valence-electron chi connectivity index (χ3n) is 3.54.